The lowest BCUT2D eigenvalue weighted by molar-refractivity contribution is -0.117. The van der Waals surface area contributed by atoms with Crippen LogP contribution in [-0.2, 0) is 11.2 Å². The molecule has 1 unspecified atom stereocenters. The summed E-state index contributed by atoms with van der Waals surface area (Å²) in [6.07, 6.45) is 6.36. The first-order valence-corrected chi connectivity index (χ1v) is 9.03. The Morgan fingerprint density at radius 2 is 1.81 bits per heavy atom. The largest absolute Gasteiger partial charge is 0.493 e. The Labute approximate surface area is 159 Å². The van der Waals surface area contributed by atoms with Gasteiger partial charge in [0.15, 0.2) is 11.5 Å². The van der Waals surface area contributed by atoms with Gasteiger partial charge < -0.3 is 19.5 Å². The van der Waals surface area contributed by atoms with Gasteiger partial charge >= 0.3 is 0 Å². The number of carbonyl (C=O) groups excluding carboxylic acids is 1. The van der Waals surface area contributed by atoms with Crippen molar-refractivity contribution in [2.75, 3.05) is 21.3 Å². The number of amides is 1. The number of aryl methyl sites for hydroxylation is 1. The Balaban J connectivity index is 1.76. The van der Waals surface area contributed by atoms with Gasteiger partial charge in [0.25, 0.3) is 0 Å². The van der Waals surface area contributed by atoms with Crippen LogP contribution in [0.4, 0.5) is 0 Å². The molecule has 0 heterocycles. The van der Waals surface area contributed by atoms with Gasteiger partial charge in [-0.1, -0.05) is 24.3 Å². The van der Waals surface area contributed by atoms with Crippen molar-refractivity contribution in [2.45, 2.75) is 25.3 Å². The summed E-state index contributed by atoms with van der Waals surface area (Å²) in [5, 5.41) is 3.11. The average molecular weight is 367 g/mol. The van der Waals surface area contributed by atoms with Crippen LogP contribution in [0.1, 0.15) is 35.6 Å². The van der Waals surface area contributed by atoms with E-state index >= 15 is 0 Å². The number of benzene rings is 2. The molecule has 0 aliphatic heterocycles. The fourth-order valence-electron chi connectivity index (χ4n) is 3.54. The van der Waals surface area contributed by atoms with Gasteiger partial charge in [0.2, 0.25) is 11.7 Å². The van der Waals surface area contributed by atoms with Crippen molar-refractivity contribution in [3.63, 3.8) is 0 Å². The molecule has 0 radical (unpaired) electrons. The number of methoxy groups -OCH3 is 3. The van der Waals surface area contributed by atoms with E-state index in [1.807, 2.05) is 18.2 Å². The first kappa shape index (κ1) is 18.8. The Morgan fingerprint density at radius 1 is 1.04 bits per heavy atom. The molecule has 2 aromatic rings. The zero-order valence-electron chi connectivity index (χ0n) is 16.0. The quantitative estimate of drug-likeness (QED) is 0.786. The zero-order chi connectivity index (χ0) is 19.2. The lowest BCUT2D eigenvalue weighted by Crippen LogP contribution is -2.29. The molecule has 5 nitrogen and oxygen atoms in total. The fraction of sp³-hybridized carbons (Fsp3) is 0.318. The third-order valence-electron chi connectivity index (χ3n) is 4.83. The summed E-state index contributed by atoms with van der Waals surface area (Å²) < 4.78 is 16.1. The number of hydrogen-bond acceptors (Lipinski definition) is 4. The molecule has 0 spiro atoms. The molecule has 1 atom stereocenters. The number of hydrogen-bond donors (Lipinski definition) is 1. The van der Waals surface area contributed by atoms with Gasteiger partial charge in [-0.3, -0.25) is 4.79 Å². The van der Waals surface area contributed by atoms with E-state index in [9.17, 15) is 4.79 Å². The standard InChI is InChI=1S/C22H25NO4/c1-25-19-13-11-16(21(26-2)22(19)27-3)12-14-20(24)23-18-10-6-8-15-7-4-5-9-17(15)18/h4-5,7,9,11-14,18H,6,8,10H2,1-3H3,(H,23,24)/b14-12+. The molecule has 0 saturated carbocycles. The molecule has 1 N–H and O–H groups in total. The Kier molecular flexibility index (Phi) is 6.01. The maximum Gasteiger partial charge on any atom is 0.244 e. The second-order valence-corrected chi connectivity index (χ2v) is 6.41. The Morgan fingerprint density at radius 3 is 2.56 bits per heavy atom. The highest BCUT2D eigenvalue weighted by atomic mass is 16.5. The predicted octanol–water partition coefficient (Wildman–Crippen LogP) is 3.92. The smallest absolute Gasteiger partial charge is 0.244 e. The van der Waals surface area contributed by atoms with E-state index < -0.39 is 0 Å². The van der Waals surface area contributed by atoms with Crippen molar-refractivity contribution in [1.82, 2.24) is 5.32 Å². The maximum atomic E-state index is 12.5. The molecule has 1 amide bonds. The highest BCUT2D eigenvalue weighted by molar-refractivity contribution is 5.92. The molecule has 2 aromatic carbocycles. The van der Waals surface area contributed by atoms with Crippen molar-refractivity contribution in [3.05, 3.63) is 59.2 Å². The molecular formula is C22H25NO4. The van der Waals surface area contributed by atoms with Crippen LogP contribution in [0.25, 0.3) is 6.08 Å². The lowest BCUT2D eigenvalue weighted by atomic mass is 9.88. The lowest BCUT2D eigenvalue weighted by Gasteiger charge is -2.25. The molecule has 1 aliphatic carbocycles. The van der Waals surface area contributed by atoms with Gasteiger partial charge in [-0.15, -0.1) is 0 Å². The van der Waals surface area contributed by atoms with E-state index in [0.29, 0.717) is 17.2 Å². The second kappa shape index (κ2) is 8.62. The number of fused-ring (bicyclic) bond motifs is 1. The molecule has 3 rings (SSSR count). The Hall–Kier alpha value is -2.95. The van der Waals surface area contributed by atoms with Gasteiger partial charge in [0.05, 0.1) is 27.4 Å². The summed E-state index contributed by atoms with van der Waals surface area (Å²) in [4.78, 5) is 12.5. The van der Waals surface area contributed by atoms with Crippen LogP contribution < -0.4 is 19.5 Å². The molecule has 142 valence electrons. The topological polar surface area (TPSA) is 56.8 Å². The number of carbonyl (C=O) groups is 1. The van der Waals surface area contributed by atoms with Gasteiger partial charge in [0.1, 0.15) is 0 Å². The van der Waals surface area contributed by atoms with Gasteiger partial charge in [-0.05, 0) is 48.6 Å². The minimum Gasteiger partial charge on any atom is -0.493 e. The number of nitrogens with one attached hydrogen (secondary N) is 1. The van der Waals surface area contributed by atoms with Crippen molar-refractivity contribution in [1.29, 1.82) is 0 Å². The highest BCUT2D eigenvalue weighted by Gasteiger charge is 2.20. The normalized spacial score (nSPS) is 15.9. The summed E-state index contributed by atoms with van der Waals surface area (Å²) in [6, 6.07) is 12.0. The molecule has 0 aromatic heterocycles. The van der Waals surface area contributed by atoms with Crippen LogP contribution in [0.15, 0.2) is 42.5 Å². The monoisotopic (exact) mass is 367 g/mol. The SMILES string of the molecule is COc1ccc(/C=C/C(=O)NC2CCCc3ccccc32)c(OC)c1OC. The summed E-state index contributed by atoms with van der Waals surface area (Å²) in [7, 11) is 4.69. The van der Waals surface area contributed by atoms with Crippen LogP contribution in [-0.4, -0.2) is 27.2 Å². The van der Waals surface area contributed by atoms with E-state index in [2.05, 4.69) is 17.4 Å². The van der Waals surface area contributed by atoms with E-state index in [4.69, 9.17) is 14.2 Å². The summed E-state index contributed by atoms with van der Waals surface area (Å²) in [5.41, 5.74) is 3.28. The maximum absolute atomic E-state index is 12.5. The molecule has 1 aliphatic rings. The average Bonchev–Trinajstić information content (AvgIpc) is 2.71. The molecule has 0 saturated heterocycles. The van der Waals surface area contributed by atoms with Crippen molar-refractivity contribution in [2.24, 2.45) is 0 Å². The van der Waals surface area contributed by atoms with Crippen LogP contribution in [0, 0.1) is 0 Å². The molecule has 0 bridgehead atoms. The van der Waals surface area contributed by atoms with Crippen LogP contribution in [0.2, 0.25) is 0 Å². The Bertz CT molecular complexity index is 844. The number of rotatable bonds is 6. The summed E-state index contributed by atoms with van der Waals surface area (Å²) >= 11 is 0. The molecule has 0 fully saturated rings. The fourth-order valence-corrected chi connectivity index (χ4v) is 3.54. The molecular weight excluding hydrogens is 342 g/mol. The predicted molar refractivity (Wildman–Crippen MR) is 105 cm³/mol. The zero-order valence-corrected chi connectivity index (χ0v) is 16.0. The van der Waals surface area contributed by atoms with Crippen LogP contribution >= 0.6 is 0 Å². The van der Waals surface area contributed by atoms with E-state index in [1.54, 1.807) is 33.5 Å². The highest BCUT2D eigenvalue weighted by Crippen LogP contribution is 2.40. The summed E-state index contributed by atoms with van der Waals surface area (Å²) in [5.74, 6) is 1.48. The van der Waals surface area contributed by atoms with Crippen LogP contribution in [0.5, 0.6) is 17.2 Å². The van der Waals surface area contributed by atoms with Crippen LogP contribution in [0.3, 0.4) is 0 Å². The molecule has 27 heavy (non-hydrogen) atoms. The van der Waals surface area contributed by atoms with Gasteiger partial charge in [0, 0.05) is 11.6 Å². The van der Waals surface area contributed by atoms with E-state index in [-0.39, 0.29) is 11.9 Å². The minimum atomic E-state index is -0.131. The first-order chi connectivity index (χ1) is 13.2. The third-order valence-corrected chi connectivity index (χ3v) is 4.83. The van der Waals surface area contributed by atoms with Crippen molar-refractivity contribution >= 4 is 12.0 Å². The van der Waals surface area contributed by atoms with Gasteiger partial charge in [-0.2, -0.15) is 0 Å². The molecule has 5 heteroatoms. The second-order valence-electron chi connectivity index (χ2n) is 6.41. The van der Waals surface area contributed by atoms with Gasteiger partial charge in [-0.25, -0.2) is 0 Å². The van der Waals surface area contributed by atoms with E-state index in [1.165, 1.54) is 17.2 Å². The summed E-state index contributed by atoms with van der Waals surface area (Å²) in [6.45, 7) is 0. The number of ether oxygens (including phenoxy) is 3. The third kappa shape index (κ3) is 4.08. The van der Waals surface area contributed by atoms with E-state index in [0.717, 1.165) is 24.8 Å². The first-order valence-electron chi connectivity index (χ1n) is 9.03. The van der Waals surface area contributed by atoms with Crippen molar-refractivity contribution in [3.8, 4) is 17.2 Å². The minimum absolute atomic E-state index is 0.0550. The van der Waals surface area contributed by atoms with Crippen molar-refractivity contribution < 1.29 is 19.0 Å².